The van der Waals surface area contributed by atoms with Crippen LogP contribution in [-0.4, -0.2) is 12.0 Å². The number of Topliss-reactive ketones (excluding diaryl/α,β-unsaturated/α-hetero) is 1. The van der Waals surface area contributed by atoms with E-state index in [0.29, 0.717) is 6.42 Å². The normalized spacial score (nSPS) is 10.2. The Labute approximate surface area is 97.4 Å². The molecular formula is C11H13BrOS. The summed E-state index contributed by atoms with van der Waals surface area (Å²) in [6, 6.07) is 5.90. The number of carbonyl (C=O) groups is 1. The van der Waals surface area contributed by atoms with Crippen molar-refractivity contribution in [3.8, 4) is 0 Å². The molecule has 1 rings (SSSR count). The zero-order chi connectivity index (χ0) is 10.6. The van der Waals surface area contributed by atoms with Crippen molar-refractivity contribution < 1.29 is 4.79 Å². The second kappa shape index (κ2) is 5.56. The van der Waals surface area contributed by atoms with Gasteiger partial charge in [0.25, 0.3) is 0 Å². The van der Waals surface area contributed by atoms with Crippen LogP contribution in [0.4, 0.5) is 0 Å². The van der Waals surface area contributed by atoms with E-state index in [2.05, 4.69) is 15.9 Å². The van der Waals surface area contributed by atoms with E-state index in [1.807, 2.05) is 31.4 Å². The lowest BCUT2D eigenvalue weighted by molar-refractivity contribution is 0.0988. The van der Waals surface area contributed by atoms with Gasteiger partial charge >= 0.3 is 0 Å². The highest BCUT2D eigenvalue weighted by Gasteiger charge is 2.06. The maximum absolute atomic E-state index is 11.5. The molecule has 0 fully saturated rings. The first kappa shape index (κ1) is 11.8. The number of benzene rings is 1. The number of thioether (sulfide) groups is 1. The highest BCUT2D eigenvalue weighted by molar-refractivity contribution is 9.08. The molecule has 0 bridgehead atoms. The molecule has 14 heavy (non-hydrogen) atoms. The monoisotopic (exact) mass is 272 g/mol. The summed E-state index contributed by atoms with van der Waals surface area (Å²) in [7, 11) is 0. The van der Waals surface area contributed by atoms with E-state index in [4.69, 9.17) is 0 Å². The highest BCUT2D eigenvalue weighted by atomic mass is 79.9. The van der Waals surface area contributed by atoms with Crippen LogP contribution >= 0.6 is 27.7 Å². The molecule has 1 aromatic carbocycles. The van der Waals surface area contributed by atoms with Gasteiger partial charge in [0.2, 0.25) is 0 Å². The van der Waals surface area contributed by atoms with Crippen LogP contribution in [0.3, 0.4) is 0 Å². The summed E-state index contributed by atoms with van der Waals surface area (Å²) < 4.78 is 0. The molecule has 0 saturated heterocycles. The van der Waals surface area contributed by atoms with Crippen molar-refractivity contribution in [2.24, 2.45) is 0 Å². The van der Waals surface area contributed by atoms with Gasteiger partial charge in [-0.3, -0.25) is 4.79 Å². The molecule has 3 heteroatoms. The van der Waals surface area contributed by atoms with Gasteiger partial charge in [-0.1, -0.05) is 28.9 Å². The van der Waals surface area contributed by atoms with E-state index in [1.54, 1.807) is 11.8 Å². The average Bonchev–Trinajstić information content (AvgIpc) is 2.26. The SMILES string of the molecule is CCC(=O)c1ccc(SC)c(CBr)c1. The first-order valence-electron chi connectivity index (χ1n) is 4.49. The van der Waals surface area contributed by atoms with Crippen molar-refractivity contribution in [1.82, 2.24) is 0 Å². The number of alkyl halides is 1. The molecular weight excluding hydrogens is 260 g/mol. The van der Waals surface area contributed by atoms with Gasteiger partial charge in [0, 0.05) is 22.2 Å². The van der Waals surface area contributed by atoms with Gasteiger partial charge in [0.1, 0.15) is 0 Å². The highest BCUT2D eigenvalue weighted by Crippen LogP contribution is 2.24. The standard InChI is InChI=1S/C11H13BrOS/c1-3-10(13)8-4-5-11(14-2)9(6-8)7-12/h4-6H,3,7H2,1-2H3. The van der Waals surface area contributed by atoms with Crippen LogP contribution in [0.1, 0.15) is 29.3 Å². The van der Waals surface area contributed by atoms with Crippen LogP contribution < -0.4 is 0 Å². The molecule has 0 atom stereocenters. The molecule has 1 nitrogen and oxygen atoms in total. The Bertz CT molecular complexity index is 336. The lowest BCUT2D eigenvalue weighted by atomic mass is 10.1. The fourth-order valence-electron chi connectivity index (χ4n) is 1.26. The van der Waals surface area contributed by atoms with Crippen molar-refractivity contribution in [3.05, 3.63) is 29.3 Å². The van der Waals surface area contributed by atoms with Crippen molar-refractivity contribution in [1.29, 1.82) is 0 Å². The minimum absolute atomic E-state index is 0.208. The summed E-state index contributed by atoms with van der Waals surface area (Å²) in [6.45, 7) is 1.89. The summed E-state index contributed by atoms with van der Waals surface area (Å²) in [5.74, 6) is 0.208. The topological polar surface area (TPSA) is 17.1 Å². The molecule has 0 spiro atoms. The molecule has 1 aromatic rings. The van der Waals surface area contributed by atoms with E-state index in [9.17, 15) is 4.79 Å². The maximum atomic E-state index is 11.5. The molecule has 0 aliphatic heterocycles. The van der Waals surface area contributed by atoms with Gasteiger partial charge in [-0.05, 0) is 24.0 Å². The number of halogens is 1. The van der Waals surface area contributed by atoms with Gasteiger partial charge in [0.15, 0.2) is 5.78 Å². The fraction of sp³-hybridized carbons (Fsp3) is 0.364. The largest absolute Gasteiger partial charge is 0.294 e. The lowest BCUT2D eigenvalue weighted by Gasteiger charge is -2.06. The van der Waals surface area contributed by atoms with Crippen LogP contribution in [0, 0.1) is 0 Å². The third kappa shape index (κ3) is 2.61. The Morgan fingerprint density at radius 2 is 2.21 bits per heavy atom. The van der Waals surface area contributed by atoms with Gasteiger partial charge in [-0.15, -0.1) is 11.8 Å². The second-order valence-electron chi connectivity index (χ2n) is 2.94. The van der Waals surface area contributed by atoms with E-state index in [-0.39, 0.29) is 5.78 Å². The molecule has 0 amide bonds. The Kier molecular flexibility index (Phi) is 4.69. The average molecular weight is 273 g/mol. The van der Waals surface area contributed by atoms with Gasteiger partial charge in [0.05, 0.1) is 0 Å². The molecule has 0 aliphatic rings. The predicted octanol–water partition coefficient (Wildman–Crippen LogP) is 3.90. The summed E-state index contributed by atoms with van der Waals surface area (Å²) in [5.41, 5.74) is 2.01. The quantitative estimate of drug-likeness (QED) is 0.470. The van der Waals surface area contributed by atoms with Gasteiger partial charge < -0.3 is 0 Å². The van der Waals surface area contributed by atoms with E-state index in [0.717, 1.165) is 10.9 Å². The predicted molar refractivity (Wildman–Crippen MR) is 65.5 cm³/mol. The number of rotatable bonds is 4. The van der Waals surface area contributed by atoms with Gasteiger partial charge in [-0.2, -0.15) is 0 Å². The number of hydrogen-bond donors (Lipinski definition) is 0. The third-order valence-corrected chi connectivity index (χ3v) is 3.51. The van der Waals surface area contributed by atoms with Crippen LogP contribution in [0.15, 0.2) is 23.1 Å². The zero-order valence-corrected chi connectivity index (χ0v) is 10.7. The van der Waals surface area contributed by atoms with Crippen molar-refractivity contribution in [3.63, 3.8) is 0 Å². The molecule has 0 aromatic heterocycles. The Hall–Kier alpha value is -0.280. The van der Waals surface area contributed by atoms with E-state index >= 15 is 0 Å². The molecule has 76 valence electrons. The summed E-state index contributed by atoms with van der Waals surface area (Å²) >= 11 is 5.14. The molecule has 0 radical (unpaired) electrons. The number of carbonyl (C=O) groups excluding carboxylic acids is 1. The van der Waals surface area contributed by atoms with E-state index in [1.165, 1.54) is 10.5 Å². The Morgan fingerprint density at radius 3 is 2.71 bits per heavy atom. The Balaban J connectivity index is 3.07. The Morgan fingerprint density at radius 1 is 1.50 bits per heavy atom. The van der Waals surface area contributed by atoms with Crippen LogP contribution in [0.5, 0.6) is 0 Å². The number of hydrogen-bond acceptors (Lipinski definition) is 2. The smallest absolute Gasteiger partial charge is 0.162 e. The summed E-state index contributed by atoms with van der Waals surface area (Å²) in [4.78, 5) is 12.7. The van der Waals surface area contributed by atoms with Crippen LogP contribution in [0.25, 0.3) is 0 Å². The molecule has 0 heterocycles. The van der Waals surface area contributed by atoms with Crippen molar-refractivity contribution in [2.75, 3.05) is 6.26 Å². The van der Waals surface area contributed by atoms with Gasteiger partial charge in [-0.25, -0.2) is 0 Å². The summed E-state index contributed by atoms with van der Waals surface area (Å²) in [6.07, 6.45) is 2.61. The maximum Gasteiger partial charge on any atom is 0.162 e. The van der Waals surface area contributed by atoms with Crippen LogP contribution in [0.2, 0.25) is 0 Å². The molecule has 0 unspecified atom stereocenters. The van der Waals surface area contributed by atoms with Crippen LogP contribution in [-0.2, 0) is 5.33 Å². The zero-order valence-electron chi connectivity index (χ0n) is 8.34. The number of ketones is 1. The minimum Gasteiger partial charge on any atom is -0.294 e. The molecule has 0 aliphatic carbocycles. The second-order valence-corrected chi connectivity index (χ2v) is 4.35. The fourth-order valence-corrected chi connectivity index (χ4v) is 2.51. The van der Waals surface area contributed by atoms with E-state index < -0.39 is 0 Å². The molecule has 0 N–H and O–H groups in total. The lowest BCUT2D eigenvalue weighted by Crippen LogP contribution is -1.97. The van der Waals surface area contributed by atoms with Crippen molar-refractivity contribution >= 4 is 33.5 Å². The first-order chi connectivity index (χ1) is 6.72. The first-order valence-corrected chi connectivity index (χ1v) is 6.83. The summed E-state index contributed by atoms with van der Waals surface area (Å²) in [5, 5.41) is 0.800. The van der Waals surface area contributed by atoms with Crippen molar-refractivity contribution in [2.45, 2.75) is 23.6 Å². The third-order valence-electron chi connectivity index (χ3n) is 2.07. The molecule has 0 saturated carbocycles. The minimum atomic E-state index is 0.208.